The highest BCUT2D eigenvalue weighted by Gasteiger charge is 2.26. The number of rotatable bonds is 9. The van der Waals surface area contributed by atoms with Crippen molar-refractivity contribution in [1.29, 1.82) is 0 Å². The molecule has 0 saturated carbocycles. The summed E-state index contributed by atoms with van der Waals surface area (Å²) in [5.41, 5.74) is 1.68. The van der Waals surface area contributed by atoms with Crippen LogP contribution in [0.5, 0.6) is 0 Å². The Balaban J connectivity index is 1.82. The molecule has 1 amide bonds. The van der Waals surface area contributed by atoms with Crippen LogP contribution in [0.3, 0.4) is 0 Å². The molecule has 10 heteroatoms. The number of amides is 1. The summed E-state index contributed by atoms with van der Waals surface area (Å²) in [5.74, 6) is -3.71. The number of hydrogen-bond acceptors (Lipinski definition) is 5. The molecule has 160 valence electrons. The van der Waals surface area contributed by atoms with Gasteiger partial charge in [0.15, 0.2) is 0 Å². The van der Waals surface area contributed by atoms with Crippen molar-refractivity contribution in [3.8, 4) is 0 Å². The fraction of sp³-hybridized carbons (Fsp3) is 0.300. The van der Waals surface area contributed by atoms with E-state index >= 15 is 0 Å². The number of ether oxygens (including phenoxy) is 1. The van der Waals surface area contributed by atoms with E-state index in [1.165, 1.54) is 12.1 Å². The third-order valence-corrected chi connectivity index (χ3v) is 5.83. The predicted molar refractivity (Wildman–Crippen MR) is 108 cm³/mol. The number of aromatic nitrogens is 2. The Morgan fingerprint density at radius 2 is 1.87 bits per heavy atom. The van der Waals surface area contributed by atoms with Gasteiger partial charge in [0.1, 0.15) is 0 Å². The highest BCUT2D eigenvalue weighted by molar-refractivity contribution is 7.91. The van der Waals surface area contributed by atoms with Crippen LogP contribution < -0.4 is 5.32 Å². The lowest BCUT2D eigenvalue weighted by atomic mass is 10.2. The van der Waals surface area contributed by atoms with E-state index in [9.17, 15) is 22.0 Å². The van der Waals surface area contributed by atoms with E-state index in [-0.39, 0.29) is 5.56 Å². The number of hydrogen-bond donors (Lipinski definition) is 1. The van der Waals surface area contributed by atoms with Gasteiger partial charge in [0.05, 0.1) is 15.9 Å². The minimum Gasteiger partial charge on any atom is -0.382 e. The number of alkyl halides is 2. The number of nitrogens with one attached hydrogen (secondary N) is 1. The Kier molecular flexibility index (Phi) is 6.78. The third-order valence-electron chi connectivity index (χ3n) is 4.43. The van der Waals surface area contributed by atoms with Crippen LogP contribution in [0.25, 0.3) is 11.0 Å². The van der Waals surface area contributed by atoms with Gasteiger partial charge in [-0.2, -0.15) is 8.78 Å². The van der Waals surface area contributed by atoms with Gasteiger partial charge >= 0.3 is 5.76 Å². The summed E-state index contributed by atoms with van der Waals surface area (Å²) in [7, 11) is -4.71. The maximum atomic E-state index is 12.7. The molecule has 0 aliphatic rings. The van der Waals surface area contributed by atoms with E-state index in [2.05, 4.69) is 10.3 Å². The Labute approximate surface area is 172 Å². The predicted octanol–water partition coefficient (Wildman–Crippen LogP) is 3.71. The number of imidazole rings is 1. The zero-order chi connectivity index (χ0) is 21.7. The molecule has 2 aromatic carbocycles. The van der Waals surface area contributed by atoms with Crippen molar-refractivity contribution < 1.29 is 26.7 Å². The molecule has 1 N–H and O–H groups in total. The molecular formula is C20H21F2N3O4S. The maximum absolute atomic E-state index is 12.7. The summed E-state index contributed by atoms with van der Waals surface area (Å²) in [6.45, 7) is 3.67. The van der Waals surface area contributed by atoms with E-state index in [1.807, 2.05) is 35.8 Å². The normalized spacial score (nSPS) is 11.9. The number of aryl methyl sites for hydroxylation is 1. The van der Waals surface area contributed by atoms with Crippen molar-refractivity contribution in [2.75, 3.05) is 18.5 Å². The molecule has 3 aromatic rings. The van der Waals surface area contributed by atoms with E-state index < -0.39 is 26.4 Å². The van der Waals surface area contributed by atoms with Crippen molar-refractivity contribution in [1.82, 2.24) is 9.55 Å². The Morgan fingerprint density at radius 1 is 1.17 bits per heavy atom. The molecule has 7 nitrogen and oxygen atoms in total. The van der Waals surface area contributed by atoms with Crippen molar-refractivity contribution in [3.05, 3.63) is 54.1 Å². The molecule has 0 bridgehead atoms. The first-order valence-electron chi connectivity index (χ1n) is 9.31. The summed E-state index contributed by atoms with van der Waals surface area (Å²) in [5, 5.41) is 2.71. The highest BCUT2D eigenvalue weighted by atomic mass is 32.2. The Hall–Kier alpha value is -2.85. The first-order chi connectivity index (χ1) is 14.3. The van der Waals surface area contributed by atoms with Gasteiger partial charge in [-0.1, -0.05) is 12.1 Å². The van der Waals surface area contributed by atoms with Crippen LogP contribution in [0.1, 0.15) is 23.7 Å². The summed E-state index contributed by atoms with van der Waals surface area (Å²) in [6, 6.07) is 11.8. The molecule has 0 unspecified atom stereocenters. The standard InChI is InChI=1S/C20H21F2N3O4S/c1-2-29-13-5-12-25-17-7-4-3-6-16(17)23-20(25)24-18(26)14-8-10-15(11-9-14)30(27,28)19(21)22/h3-4,6-11,19H,2,5,12-13H2,1H3,(H,23,24,26). The fourth-order valence-corrected chi connectivity index (χ4v) is 3.66. The number of benzene rings is 2. The van der Waals surface area contributed by atoms with Crippen LogP contribution in [-0.2, 0) is 21.1 Å². The Bertz CT molecular complexity index is 1130. The lowest BCUT2D eigenvalue weighted by Crippen LogP contribution is -2.17. The second kappa shape index (κ2) is 9.31. The second-order valence-electron chi connectivity index (χ2n) is 6.41. The molecule has 3 rings (SSSR count). The van der Waals surface area contributed by atoms with Gasteiger partial charge in [-0.3, -0.25) is 10.1 Å². The number of sulfone groups is 1. The third kappa shape index (κ3) is 4.65. The van der Waals surface area contributed by atoms with E-state index in [0.29, 0.717) is 31.2 Å². The van der Waals surface area contributed by atoms with Crippen molar-refractivity contribution in [3.63, 3.8) is 0 Å². The summed E-state index contributed by atoms with van der Waals surface area (Å²) in [4.78, 5) is 16.5. The molecule has 30 heavy (non-hydrogen) atoms. The van der Waals surface area contributed by atoms with Crippen LogP contribution in [0, 0.1) is 0 Å². The van der Waals surface area contributed by atoms with Gasteiger partial charge < -0.3 is 9.30 Å². The topological polar surface area (TPSA) is 90.3 Å². The molecule has 0 aliphatic heterocycles. The summed E-state index contributed by atoms with van der Waals surface area (Å²) in [6.07, 6.45) is 0.719. The van der Waals surface area contributed by atoms with Gasteiger partial charge in [0.2, 0.25) is 15.8 Å². The summed E-state index contributed by atoms with van der Waals surface area (Å²) >= 11 is 0. The van der Waals surface area contributed by atoms with Crippen molar-refractivity contribution in [2.45, 2.75) is 30.5 Å². The largest absolute Gasteiger partial charge is 0.382 e. The van der Waals surface area contributed by atoms with Crippen LogP contribution in [0.2, 0.25) is 0 Å². The van der Waals surface area contributed by atoms with Crippen LogP contribution in [-0.4, -0.2) is 42.8 Å². The molecule has 0 spiro atoms. The quantitative estimate of drug-likeness (QED) is 0.516. The number of fused-ring (bicyclic) bond motifs is 1. The number of carbonyl (C=O) groups is 1. The zero-order valence-electron chi connectivity index (χ0n) is 16.2. The van der Waals surface area contributed by atoms with Crippen molar-refractivity contribution in [2.24, 2.45) is 0 Å². The molecule has 0 atom stereocenters. The summed E-state index contributed by atoms with van der Waals surface area (Å²) < 4.78 is 55.6. The molecule has 0 fully saturated rings. The average Bonchev–Trinajstić information content (AvgIpc) is 3.08. The number of nitrogens with zero attached hydrogens (tertiary/aromatic N) is 2. The van der Waals surface area contributed by atoms with Gasteiger partial charge in [0.25, 0.3) is 5.91 Å². The van der Waals surface area contributed by atoms with Gasteiger partial charge in [-0.25, -0.2) is 13.4 Å². The zero-order valence-corrected chi connectivity index (χ0v) is 17.0. The molecule has 0 radical (unpaired) electrons. The van der Waals surface area contributed by atoms with Crippen molar-refractivity contribution >= 4 is 32.7 Å². The van der Waals surface area contributed by atoms with Gasteiger partial charge in [-0.05, 0) is 49.7 Å². The van der Waals surface area contributed by atoms with Crippen LogP contribution in [0.4, 0.5) is 14.7 Å². The van der Waals surface area contributed by atoms with E-state index in [4.69, 9.17) is 4.74 Å². The minimum atomic E-state index is -4.71. The van der Waals surface area contributed by atoms with E-state index in [1.54, 1.807) is 0 Å². The number of halogens is 2. The lowest BCUT2D eigenvalue weighted by molar-refractivity contribution is 0.102. The second-order valence-corrected chi connectivity index (χ2v) is 8.33. The molecular weight excluding hydrogens is 416 g/mol. The van der Waals surface area contributed by atoms with Gasteiger partial charge in [-0.15, -0.1) is 0 Å². The number of para-hydroxylation sites is 2. The molecule has 0 aliphatic carbocycles. The number of anilines is 1. The smallest absolute Gasteiger partial charge is 0.341 e. The monoisotopic (exact) mass is 437 g/mol. The first kappa shape index (κ1) is 21.8. The van der Waals surface area contributed by atoms with Gasteiger partial charge in [0, 0.05) is 25.3 Å². The molecule has 0 saturated heterocycles. The lowest BCUT2D eigenvalue weighted by Gasteiger charge is -2.10. The Morgan fingerprint density at radius 3 is 2.53 bits per heavy atom. The molecule has 1 heterocycles. The molecule has 1 aromatic heterocycles. The maximum Gasteiger partial charge on any atom is 0.341 e. The van der Waals surface area contributed by atoms with Crippen LogP contribution in [0.15, 0.2) is 53.4 Å². The van der Waals surface area contributed by atoms with Crippen LogP contribution >= 0.6 is 0 Å². The number of carbonyl (C=O) groups excluding carboxylic acids is 1. The average molecular weight is 437 g/mol. The first-order valence-corrected chi connectivity index (χ1v) is 10.9. The fourth-order valence-electron chi connectivity index (χ4n) is 2.94. The SMILES string of the molecule is CCOCCCn1c(NC(=O)c2ccc(S(=O)(=O)C(F)F)cc2)nc2ccccc21. The highest BCUT2D eigenvalue weighted by Crippen LogP contribution is 2.22. The van der Waals surface area contributed by atoms with E-state index in [0.717, 1.165) is 24.1 Å². The minimum absolute atomic E-state index is 0.121.